The predicted molar refractivity (Wildman–Crippen MR) is 69.9 cm³/mol. The molecule has 0 aliphatic carbocycles. The van der Waals surface area contributed by atoms with Crippen LogP contribution in [0.3, 0.4) is 0 Å². The first kappa shape index (κ1) is 14.4. The van der Waals surface area contributed by atoms with E-state index in [9.17, 15) is 18.0 Å². The maximum absolute atomic E-state index is 12.1. The Morgan fingerprint density at radius 2 is 2.20 bits per heavy atom. The van der Waals surface area contributed by atoms with Gasteiger partial charge in [0.25, 0.3) is 0 Å². The van der Waals surface area contributed by atoms with E-state index in [4.69, 9.17) is 10.5 Å². The fourth-order valence-electron chi connectivity index (χ4n) is 1.57. The molecule has 0 unspecified atom stereocenters. The van der Waals surface area contributed by atoms with Gasteiger partial charge in [0.05, 0.1) is 11.8 Å². The number of carbonyl (C=O) groups excluding carboxylic acids is 1. The van der Waals surface area contributed by atoms with Gasteiger partial charge in [-0.15, -0.1) is 0 Å². The van der Waals surface area contributed by atoms with E-state index in [2.05, 4.69) is 10.3 Å². The average molecular weight is 305 g/mol. The largest absolute Gasteiger partial charge is 0.494 e. The Kier molecular flexibility index (Phi) is 3.71. The highest BCUT2D eigenvalue weighted by molar-refractivity contribution is 7.22. The summed E-state index contributed by atoms with van der Waals surface area (Å²) in [5.74, 6) is -0.768. The molecule has 1 aromatic carbocycles. The number of hydrogen-bond acceptors (Lipinski definition) is 5. The molecule has 3 N–H and O–H groups in total. The van der Waals surface area contributed by atoms with Gasteiger partial charge in [0, 0.05) is 11.8 Å². The molecule has 1 amide bonds. The van der Waals surface area contributed by atoms with Gasteiger partial charge >= 0.3 is 6.18 Å². The molecular formula is C11H10F3N3O2S. The molecule has 0 fully saturated rings. The van der Waals surface area contributed by atoms with Crippen LogP contribution >= 0.6 is 11.3 Å². The molecule has 0 spiro atoms. The average Bonchev–Trinajstić information content (AvgIpc) is 2.66. The second-order valence-electron chi connectivity index (χ2n) is 3.93. The summed E-state index contributed by atoms with van der Waals surface area (Å²) in [5, 5.41) is 2.18. The van der Waals surface area contributed by atoms with Gasteiger partial charge in [-0.25, -0.2) is 4.98 Å². The smallest absolute Gasteiger partial charge is 0.397 e. The van der Waals surface area contributed by atoms with Gasteiger partial charge in [-0.3, -0.25) is 4.79 Å². The Morgan fingerprint density at radius 3 is 2.80 bits per heavy atom. The Hall–Kier alpha value is -2.03. The summed E-state index contributed by atoms with van der Waals surface area (Å²) < 4.78 is 41.9. The van der Waals surface area contributed by atoms with E-state index >= 15 is 0 Å². The maximum atomic E-state index is 12.1. The van der Waals surface area contributed by atoms with Gasteiger partial charge in [0.15, 0.2) is 5.13 Å². The highest BCUT2D eigenvalue weighted by atomic mass is 32.1. The minimum absolute atomic E-state index is 0.0677. The molecule has 108 valence electrons. The van der Waals surface area contributed by atoms with Crippen LogP contribution in [-0.4, -0.2) is 24.2 Å². The molecule has 0 aliphatic rings. The zero-order valence-electron chi connectivity index (χ0n) is 10.2. The van der Waals surface area contributed by atoms with Crippen LogP contribution in [0.5, 0.6) is 5.75 Å². The lowest BCUT2D eigenvalue weighted by atomic mass is 10.3. The highest BCUT2D eigenvalue weighted by Crippen LogP contribution is 2.34. The molecule has 0 bridgehead atoms. The highest BCUT2D eigenvalue weighted by Gasteiger charge is 2.31. The van der Waals surface area contributed by atoms with Crippen molar-refractivity contribution in [1.82, 2.24) is 4.98 Å². The lowest BCUT2D eigenvalue weighted by Crippen LogP contribution is -2.20. The van der Waals surface area contributed by atoms with Gasteiger partial charge in [0.1, 0.15) is 17.7 Å². The third-order valence-corrected chi connectivity index (χ3v) is 3.23. The molecule has 5 nitrogen and oxygen atoms in total. The van der Waals surface area contributed by atoms with Crippen LogP contribution in [0.2, 0.25) is 0 Å². The van der Waals surface area contributed by atoms with E-state index in [0.717, 1.165) is 11.3 Å². The van der Waals surface area contributed by atoms with E-state index in [1.165, 1.54) is 7.11 Å². The molecule has 0 atom stereocenters. The lowest BCUT2D eigenvalue weighted by Gasteiger charge is -2.04. The van der Waals surface area contributed by atoms with Gasteiger partial charge < -0.3 is 15.8 Å². The van der Waals surface area contributed by atoms with Crippen LogP contribution in [0.4, 0.5) is 24.0 Å². The van der Waals surface area contributed by atoms with Gasteiger partial charge in [-0.2, -0.15) is 13.2 Å². The van der Waals surface area contributed by atoms with Gasteiger partial charge in [-0.1, -0.05) is 11.3 Å². The van der Waals surface area contributed by atoms with Crippen molar-refractivity contribution in [3.63, 3.8) is 0 Å². The molecule has 2 rings (SSSR count). The minimum Gasteiger partial charge on any atom is -0.494 e. The first-order valence-electron chi connectivity index (χ1n) is 5.39. The summed E-state index contributed by atoms with van der Waals surface area (Å²) in [6, 6.07) is 3.15. The van der Waals surface area contributed by atoms with Crippen LogP contribution in [0, 0.1) is 0 Å². The van der Waals surface area contributed by atoms with Crippen molar-refractivity contribution in [2.24, 2.45) is 0 Å². The number of nitrogen functional groups attached to an aromatic ring is 1. The summed E-state index contributed by atoms with van der Waals surface area (Å²) in [6.45, 7) is 0. The van der Waals surface area contributed by atoms with Crippen molar-refractivity contribution in [3.05, 3.63) is 12.1 Å². The van der Waals surface area contributed by atoms with Crippen molar-refractivity contribution in [3.8, 4) is 5.75 Å². The number of amides is 1. The number of anilines is 2. The van der Waals surface area contributed by atoms with Crippen molar-refractivity contribution < 1.29 is 22.7 Å². The number of benzene rings is 1. The number of nitrogens with zero attached hydrogens (tertiary/aromatic N) is 1. The molecule has 2 aromatic rings. The monoisotopic (exact) mass is 305 g/mol. The molecule has 1 heterocycles. The number of alkyl halides is 3. The third-order valence-electron chi connectivity index (χ3n) is 2.31. The fraction of sp³-hybridized carbons (Fsp3) is 0.273. The van der Waals surface area contributed by atoms with Crippen LogP contribution in [0.25, 0.3) is 10.2 Å². The minimum atomic E-state index is -4.55. The van der Waals surface area contributed by atoms with Gasteiger partial charge in [0.2, 0.25) is 5.91 Å². The van der Waals surface area contributed by atoms with Crippen molar-refractivity contribution in [1.29, 1.82) is 0 Å². The first-order chi connectivity index (χ1) is 9.28. The van der Waals surface area contributed by atoms with E-state index in [1.54, 1.807) is 12.1 Å². The second kappa shape index (κ2) is 5.16. The van der Waals surface area contributed by atoms with Crippen LogP contribution < -0.4 is 15.8 Å². The summed E-state index contributed by atoms with van der Waals surface area (Å²) in [6.07, 6.45) is -6.11. The summed E-state index contributed by atoms with van der Waals surface area (Å²) in [4.78, 5) is 15.2. The lowest BCUT2D eigenvalue weighted by molar-refractivity contribution is -0.150. The number of hydrogen-bond donors (Lipinski definition) is 2. The number of rotatable bonds is 3. The molecule has 0 radical (unpaired) electrons. The number of nitrogens with one attached hydrogen (secondary N) is 1. The molecule has 9 heteroatoms. The summed E-state index contributed by atoms with van der Waals surface area (Å²) in [7, 11) is 1.43. The zero-order chi connectivity index (χ0) is 14.9. The maximum Gasteiger partial charge on any atom is 0.397 e. The van der Waals surface area contributed by atoms with E-state index in [-0.39, 0.29) is 5.13 Å². The molecule has 1 aromatic heterocycles. The van der Waals surface area contributed by atoms with E-state index < -0.39 is 18.5 Å². The summed E-state index contributed by atoms with van der Waals surface area (Å²) >= 11 is 1.02. The Balaban J connectivity index is 2.26. The standard InChI is InChI=1S/C11H10F3N3O2S/c1-19-6-2-5(15)3-7-9(6)17-10(20-7)16-8(18)4-11(12,13)14/h2-3H,4,15H2,1H3,(H,16,17,18). The Bertz CT molecular complexity index is 654. The Labute approximate surface area is 115 Å². The number of methoxy groups -OCH3 is 1. The Morgan fingerprint density at radius 1 is 1.50 bits per heavy atom. The number of halogens is 3. The quantitative estimate of drug-likeness (QED) is 0.855. The first-order valence-corrected chi connectivity index (χ1v) is 6.21. The van der Waals surface area contributed by atoms with Crippen molar-refractivity contribution in [2.45, 2.75) is 12.6 Å². The summed E-state index contributed by atoms with van der Waals surface area (Å²) in [5.41, 5.74) is 6.53. The normalized spacial score (nSPS) is 11.6. The number of nitrogens with two attached hydrogens (primary N) is 1. The molecule has 0 saturated heterocycles. The van der Waals surface area contributed by atoms with Crippen molar-refractivity contribution >= 4 is 38.3 Å². The van der Waals surface area contributed by atoms with Crippen LogP contribution in [-0.2, 0) is 4.79 Å². The van der Waals surface area contributed by atoms with Crippen molar-refractivity contribution in [2.75, 3.05) is 18.2 Å². The van der Waals surface area contributed by atoms with Crippen LogP contribution in [0.1, 0.15) is 6.42 Å². The van der Waals surface area contributed by atoms with Gasteiger partial charge in [-0.05, 0) is 6.07 Å². The van der Waals surface area contributed by atoms with E-state index in [0.29, 0.717) is 21.7 Å². The zero-order valence-corrected chi connectivity index (χ0v) is 11.1. The predicted octanol–water partition coefficient (Wildman–Crippen LogP) is 2.78. The van der Waals surface area contributed by atoms with Crippen LogP contribution in [0.15, 0.2) is 12.1 Å². The molecule has 0 aliphatic heterocycles. The molecule has 0 saturated carbocycles. The SMILES string of the molecule is COc1cc(N)cc2sc(NC(=O)CC(F)(F)F)nc12. The number of ether oxygens (including phenoxy) is 1. The molecular weight excluding hydrogens is 295 g/mol. The topological polar surface area (TPSA) is 77.2 Å². The number of thiazole rings is 1. The third kappa shape index (κ3) is 3.29. The number of fused-ring (bicyclic) bond motifs is 1. The number of carbonyl (C=O) groups is 1. The second-order valence-corrected chi connectivity index (χ2v) is 4.96. The van der Waals surface area contributed by atoms with E-state index in [1.807, 2.05) is 0 Å². The number of aromatic nitrogens is 1. The molecule has 20 heavy (non-hydrogen) atoms. The fourth-order valence-corrected chi connectivity index (χ4v) is 2.52.